The maximum absolute atomic E-state index is 12.7. The lowest BCUT2D eigenvalue weighted by molar-refractivity contribution is -0.122. The van der Waals surface area contributed by atoms with E-state index in [1.54, 1.807) is 18.3 Å². The predicted molar refractivity (Wildman–Crippen MR) is 144 cm³/mol. The Morgan fingerprint density at radius 1 is 1.20 bits per heavy atom. The van der Waals surface area contributed by atoms with Crippen LogP contribution in [-0.4, -0.2) is 47.8 Å². The van der Waals surface area contributed by atoms with Crippen molar-refractivity contribution in [1.29, 1.82) is 0 Å². The van der Waals surface area contributed by atoms with Crippen LogP contribution in [0.2, 0.25) is 5.02 Å². The van der Waals surface area contributed by atoms with Crippen molar-refractivity contribution in [2.75, 3.05) is 31.6 Å². The molecule has 192 valence electrons. The zero-order chi connectivity index (χ0) is 26.0. The molecule has 0 unspecified atom stereocenters. The molecule has 1 saturated heterocycles. The van der Waals surface area contributed by atoms with E-state index in [4.69, 9.17) is 16.3 Å². The van der Waals surface area contributed by atoms with Crippen molar-refractivity contribution in [3.8, 4) is 5.75 Å². The average molecular weight is 502 g/mol. The average Bonchev–Trinajstić information content (AvgIpc) is 3.12. The number of carbonyl (C=O) groups is 2. The molecule has 0 atom stereocenters. The van der Waals surface area contributed by atoms with Crippen molar-refractivity contribution in [1.82, 2.24) is 9.88 Å². The van der Waals surface area contributed by atoms with Gasteiger partial charge in [-0.3, -0.25) is 14.5 Å². The van der Waals surface area contributed by atoms with Crippen LogP contribution in [0.1, 0.15) is 76.9 Å². The molecule has 6 nitrogen and oxygen atoms in total. The second-order valence-electron chi connectivity index (χ2n) is 9.15. The topological polar surface area (TPSA) is 71.5 Å². The fraction of sp³-hybridized carbons (Fsp3) is 0.536. The van der Waals surface area contributed by atoms with E-state index in [9.17, 15) is 9.59 Å². The molecular formula is C28H40ClN3O3. The minimum atomic E-state index is -0.468. The largest absolute Gasteiger partial charge is 0.491 e. The Hall–Kier alpha value is -2.44. The summed E-state index contributed by atoms with van der Waals surface area (Å²) in [5, 5.41) is 3.67. The first-order valence-electron chi connectivity index (χ1n) is 12.7. The van der Waals surface area contributed by atoms with Crippen LogP contribution in [0.3, 0.4) is 0 Å². The molecule has 0 bridgehead atoms. The van der Waals surface area contributed by atoms with Crippen LogP contribution in [0.25, 0.3) is 0 Å². The number of ether oxygens (including phenoxy) is 1. The highest BCUT2D eigenvalue weighted by atomic mass is 35.5. The third-order valence-corrected chi connectivity index (χ3v) is 6.71. The molecule has 2 aromatic rings. The summed E-state index contributed by atoms with van der Waals surface area (Å²) >= 11 is 6.17. The predicted octanol–water partition coefficient (Wildman–Crippen LogP) is 6.38. The molecule has 1 aromatic heterocycles. The minimum Gasteiger partial charge on any atom is -0.491 e. The van der Waals surface area contributed by atoms with Crippen molar-refractivity contribution in [3.05, 3.63) is 52.8 Å². The highest BCUT2D eigenvalue weighted by Crippen LogP contribution is 2.45. The molecule has 7 heteroatoms. The van der Waals surface area contributed by atoms with Crippen molar-refractivity contribution in [2.45, 2.75) is 66.2 Å². The summed E-state index contributed by atoms with van der Waals surface area (Å²) in [6.45, 7) is 15.1. The number of hydrogen-bond acceptors (Lipinski definition) is 5. The first-order chi connectivity index (χ1) is 16.7. The number of halogens is 1. The zero-order valence-electron chi connectivity index (χ0n) is 22.0. The van der Waals surface area contributed by atoms with Crippen LogP contribution < -0.4 is 10.1 Å². The van der Waals surface area contributed by atoms with Crippen LogP contribution in [0.4, 0.5) is 5.69 Å². The summed E-state index contributed by atoms with van der Waals surface area (Å²) in [6, 6.07) is 9.05. The number of anilines is 1. The van der Waals surface area contributed by atoms with Crippen LogP contribution in [0.5, 0.6) is 5.75 Å². The summed E-state index contributed by atoms with van der Waals surface area (Å²) in [7, 11) is 0. The van der Waals surface area contributed by atoms with Gasteiger partial charge in [-0.1, -0.05) is 52.6 Å². The van der Waals surface area contributed by atoms with Gasteiger partial charge in [0.1, 0.15) is 18.1 Å². The standard InChI is InChI=1S/C21H22ClN3O3.C5H12.C2H6/c1-14(26)18-5-3-16(13-23-18)28-11-10-25-8-6-21(7-9-25)17-12-15(22)2-4-19(17)24-20(21)27;1-4-5(2)3;1-2/h2-5,12-13H,6-11H2,1H3,(H,24,27);5H,4H2,1-3H3;1-2H3. The molecule has 0 radical (unpaired) electrons. The number of hydrogen-bond donors (Lipinski definition) is 1. The molecule has 3 heterocycles. The Morgan fingerprint density at radius 2 is 1.86 bits per heavy atom. The number of fused-ring (bicyclic) bond motifs is 2. The maximum atomic E-state index is 12.7. The lowest BCUT2D eigenvalue weighted by atomic mass is 9.73. The number of Topliss-reactive ketones (excluding diaryl/α,β-unsaturated/α-hetero) is 1. The van der Waals surface area contributed by atoms with E-state index in [0.29, 0.717) is 23.1 Å². The number of nitrogens with zero attached hydrogens (tertiary/aromatic N) is 2. The van der Waals surface area contributed by atoms with E-state index in [0.717, 1.165) is 49.6 Å². The number of amides is 1. The quantitative estimate of drug-likeness (QED) is 0.465. The van der Waals surface area contributed by atoms with Gasteiger partial charge in [-0.15, -0.1) is 0 Å². The molecule has 0 saturated carbocycles. The smallest absolute Gasteiger partial charge is 0.235 e. The minimum absolute atomic E-state index is 0.0624. The van der Waals surface area contributed by atoms with Crippen molar-refractivity contribution < 1.29 is 14.3 Å². The van der Waals surface area contributed by atoms with Crippen molar-refractivity contribution in [2.24, 2.45) is 5.92 Å². The van der Waals surface area contributed by atoms with Gasteiger partial charge in [-0.2, -0.15) is 0 Å². The Kier molecular flexibility index (Phi) is 11.2. The molecular weight excluding hydrogens is 462 g/mol. The first-order valence-corrected chi connectivity index (χ1v) is 13.1. The molecule has 4 rings (SSSR count). The molecule has 2 aliphatic heterocycles. The van der Waals surface area contributed by atoms with E-state index in [2.05, 4.69) is 36.0 Å². The van der Waals surface area contributed by atoms with Gasteiger partial charge >= 0.3 is 0 Å². The van der Waals surface area contributed by atoms with Gasteiger partial charge < -0.3 is 10.1 Å². The third kappa shape index (κ3) is 7.52. The lowest BCUT2D eigenvalue weighted by Crippen LogP contribution is -2.47. The maximum Gasteiger partial charge on any atom is 0.235 e. The Balaban J connectivity index is 0.000000551. The monoisotopic (exact) mass is 501 g/mol. The van der Waals surface area contributed by atoms with Gasteiger partial charge in [-0.25, -0.2) is 4.98 Å². The second-order valence-corrected chi connectivity index (χ2v) is 9.59. The van der Waals surface area contributed by atoms with E-state index in [-0.39, 0.29) is 11.7 Å². The number of rotatable bonds is 6. The molecule has 1 spiro atoms. The number of pyridine rings is 1. The SMILES string of the molecule is CC.CC(=O)c1ccc(OCCN2CCC3(CC2)C(=O)Nc2ccc(Cl)cc23)cn1.CCC(C)C. The number of ketones is 1. The van der Waals surface area contributed by atoms with E-state index < -0.39 is 5.41 Å². The highest BCUT2D eigenvalue weighted by molar-refractivity contribution is 6.31. The molecule has 1 fully saturated rings. The normalized spacial score (nSPS) is 15.9. The Labute approximate surface area is 215 Å². The number of piperidine rings is 1. The van der Waals surface area contributed by atoms with Gasteiger partial charge in [0.25, 0.3) is 0 Å². The highest BCUT2D eigenvalue weighted by Gasteiger charge is 2.48. The summed E-state index contributed by atoms with van der Waals surface area (Å²) in [5.41, 5.74) is 1.87. The second kappa shape index (κ2) is 13.6. The molecule has 1 aromatic carbocycles. The zero-order valence-corrected chi connectivity index (χ0v) is 22.7. The number of likely N-dealkylation sites (tertiary alicyclic amines) is 1. The number of aromatic nitrogens is 1. The summed E-state index contributed by atoms with van der Waals surface area (Å²) in [5.74, 6) is 1.55. The number of benzene rings is 1. The van der Waals surface area contributed by atoms with Crippen LogP contribution in [0, 0.1) is 5.92 Å². The summed E-state index contributed by atoms with van der Waals surface area (Å²) in [4.78, 5) is 30.3. The first kappa shape index (κ1) is 28.8. The van der Waals surface area contributed by atoms with Gasteiger partial charge in [0, 0.05) is 24.2 Å². The van der Waals surface area contributed by atoms with E-state index in [1.807, 2.05) is 32.0 Å². The fourth-order valence-corrected chi connectivity index (χ4v) is 4.18. The van der Waals surface area contributed by atoms with Crippen molar-refractivity contribution in [3.63, 3.8) is 0 Å². The molecule has 1 amide bonds. The number of nitrogens with one attached hydrogen (secondary N) is 1. The molecule has 35 heavy (non-hydrogen) atoms. The summed E-state index contributed by atoms with van der Waals surface area (Å²) < 4.78 is 5.74. The van der Waals surface area contributed by atoms with Gasteiger partial charge in [-0.05, 0) is 67.7 Å². The molecule has 2 aliphatic rings. The molecule has 0 aliphatic carbocycles. The van der Waals surface area contributed by atoms with Gasteiger partial charge in [0.2, 0.25) is 5.91 Å². The van der Waals surface area contributed by atoms with E-state index >= 15 is 0 Å². The van der Waals surface area contributed by atoms with E-state index in [1.165, 1.54) is 13.3 Å². The Morgan fingerprint density at radius 3 is 2.40 bits per heavy atom. The third-order valence-electron chi connectivity index (χ3n) is 6.48. The van der Waals surface area contributed by atoms with Crippen LogP contribution in [-0.2, 0) is 10.2 Å². The summed E-state index contributed by atoms with van der Waals surface area (Å²) in [6.07, 6.45) is 4.41. The van der Waals surface area contributed by atoms with Gasteiger partial charge in [0.15, 0.2) is 5.78 Å². The fourth-order valence-electron chi connectivity index (χ4n) is 4.01. The van der Waals surface area contributed by atoms with Crippen LogP contribution >= 0.6 is 11.6 Å². The van der Waals surface area contributed by atoms with Crippen LogP contribution in [0.15, 0.2) is 36.5 Å². The van der Waals surface area contributed by atoms with Crippen molar-refractivity contribution >= 4 is 29.0 Å². The van der Waals surface area contributed by atoms with Gasteiger partial charge in [0.05, 0.1) is 11.6 Å². The number of carbonyl (C=O) groups excluding carboxylic acids is 2. The molecule has 1 N–H and O–H groups in total. The Bertz CT molecular complexity index is 968. The lowest BCUT2D eigenvalue weighted by Gasteiger charge is -2.37.